The largest absolute Gasteiger partial charge is 0.389 e. The van der Waals surface area contributed by atoms with E-state index in [1.807, 2.05) is 0 Å². The first-order valence-corrected chi connectivity index (χ1v) is 4.93. The molecular formula is C8H15ClF3N. The van der Waals surface area contributed by atoms with Crippen molar-refractivity contribution >= 4 is 11.6 Å². The van der Waals surface area contributed by atoms with Gasteiger partial charge in [0, 0.05) is 12.3 Å². The van der Waals surface area contributed by atoms with Gasteiger partial charge in [-0.2, -0.15) is 13.2 Å². The summed E-state index contributed by atoms with van der Waals surface area (Å²) in [5.41, 5.74) is 0. The molecular weight excluding hydrogens is 203 g/mol. The fraction of sp³-hybridized carbons (Fsp3) is 1.00. The number of rotatable bonds is 7. The summed E-state index contributed by atoms with van der Waals surface area (Å²) in [5, 5.41) is 2.93. The van der Waals surface area contributed by atoms with Crippen molar-refractivity contribution < 1.29 is 13.2 Å². The highest BCUT2D eigenvalue weighted by atomic mass is 35.5. The van der Waals surface area contributed by atoms with Gasteiger partial charge in [0.25, 0.3) is 0 Å². The molecule has 1 N–H and O–H groups in total. The lowest BCUT2D eigenvalue weighted by Crippen LogP contribution is -2.19. The number of hydrogen-bond donors (Lipinski definition) is 1. The summed E-state index contributed by atoms with van der Waals surface area (Å²) in [6, 6.07) is 0. The van der Waals surface area contributed by atoms with Crippen LogP contribution in [-0.4, -0.2) is 25.1 Å². The second kappa shape index (κ2) is 7.44. The predicted molar refractivity (Wildman–Crippen MR) is 48.1 cm³/mol. The summed E-state index contributed by atoms with van der Waals surface area (Å²) in [5.74, 6) is 0.615. The van der Waals surface area contributed by atoms with Crippen molar-refractivity contribution in [2.24, 2.45) is 0 Å². The molecule has 0 saturated carbocycles. The average molecular weight is 218 g/mol. The predicted octanol–water partition coefficient (Wildman–Crippen LogP) is 2.94. The van der Waals surface area contributed by atoms with Crippen LogP contribution >= 0.6 is 11.6 Å². The maximum absolute atomic E-state index is 11.6. The Kier molecular flexibility index (Phi) is 7.47. The maximum Gasteiger partial charge on any atom is 0.389 e. The van der Waals surface area contributed by atoms with Crippen molar-refractivity contribution in [2.75, 3.05) is 19.0 Å². The molecule has 80 valence electrons. The van der Waals surface area contributed by atoms with Gasteiger partial charge in [-0.3, -0.25) is 0 Å². The van der Waals surface area contributed by atoms with Gasteiger partial charge in [0.05, 0.1) is 0 Å². The number of unbranched alkanes of at least 4 members (excludes halogenated alkanes) is 1. The van der Waals surface area contributed by atoms with E-state index in [1.165, 1.54) is 0 Å². The summed E-state index contributed by atoms with van der Waals surface area (Å²) >= 11 is 5.42. The van der Waals surface area contributed by atoms with E-state index >= 15 is 0 Å². The highest BCUT2D eigenvalue weighted by Gasteiger charge is 2.25. The van der Waals surface area contributed by atoms with Crippen molar-refractivity contribution in [1.82, 2.24) is 5.32 Å². The summed E-state index contributed by atoms with van der Waals surface area (Å²) < 4.78 is 34.9. The number of hydrogen-bond acceptors (Lipinski definition) is 1. The first-order valence-electron chi connectivity index (χ1n) is 4.39. The molecule has 0 amide bonds. The van der Waals surface area contributed by atoms with Crippen LogP contribution in [0.2, 0.25) is 0 Å². The van der Waals surface area contributed by atoms with Gasteiger partial charge in [-0.1, -0.05) is 0 Å². The zero-order valence-corrected chi connectivity index (χ0v) is 8.22. The second-order valence-corrected chi connectivity index (χ2v) is 3.24. The summed E-state index contributed by atoms with van der Waals surface area (Å²) in [4.78, 5) is 0. The molecule has 0 aliphatic rings. The Morgan fingerprint density at radius 1 is 1.00 bits per heavy atom. The second-order valence-electron chi connectivity index (χ2n) is 2.86. The smallest absolute Gasteiger partial charge is 0.317 e. The Hall–Kier alpha value is 0.0400. The normalized spacial score (nSPS) is 12.0. The maximum atomic E-state index is 11.6. The molecule has 0 heterocycles. The molecule has 0 aliphatic carbocycles. The van der Waals surface area contributed by atoms with Crippen LogP contribution in [0.25, 0.3) is 0 Å². The fourth-order valence-corrected chi connectivity index (χ4v) is 1.07. The van der Waals surface area contributed by atoms with Crippen LogP contribution in [0, 0.1) is 0 Å². The van der Waals surface area contributed by atoms with Crippen molar-refractivity contribution in [1.29, 1.82) is 0 Å². The molecule has 0 fully saturated rings. The van der Waals surface area contributed by atoms with E-state index in [-0.39, 0.29) is 6.42 Å². The topological polar surface area (TPSA) is 12.0 Å². The Morgan fingerprint density at radius 3 is 2.15 bits per heavy atom. The molecule has 0 unspecified atom stereocenters. The molecule has 1 nitrogen and oxygen atoms in total. The molecule has 0 radical (unpaired) electrons. The van der Waals surface area contributed by atoms with Gasteiger partial charge in [0.1, 0.15) is 0 Å². The Balaban J connectivity index is 3.00. The van der Waals surface area contributed by atoms with Gasteiger partial charge in [-0.25, -0.2) is 0 Å². The van der Waals surface area contributed by atoms with Crippen LogP contribution in [0.5, 0.6) is 0 Å². The lowest BCUT2D eigenvalue weighted by atomic mass is 10.3. The molecule has 0 aromatic rings. The SMILES string of the molecule is FC(F)(F)CCCNCCCCCl. The molecule has 0 aromatic carbocycles. The Labute approximate surface area is 81.6 Å². The fourth-order valence-electron chi connectivity index (χ4n) is 0.883. The van der Waals surface area contributed by atoms with Gasteiger partial charge in [0.15, 0.2) is 0 Å². The summed E-state index contributed by atoms with van der Waals surface area (Å²) in [7, 11) is 0. The quantitative estimate of drug-likeness (QED) is 0.511. The van der Waals surface area contributed by atoms with Crippen LogP contribution in [-0.2, 0) is 0 Å². The van der Waals surface area contributed by atoms with Crippen LogP contribution in [0.1, 0.15) is 25.7 Å². The molecule has 0 spiro atoms. The molecule has 0 aromatic heterocycles. The Morgan fingerprint density at radius 2 is 1.62 bits per heavy atom. The summed E-state index contributed by atoms with van der Waals surface area (Å²) in [6.07, 6.45) is -2.72. The molecule has 0 saturated heterocycles. The zero-order chi connectivity index (χ0) is 10.2. The molecule has 13 heavy (non-hydrogen) atoms. The lowest BCUT2D eigenvalue weighted by molar-refractivity contribution is -0.135. The van der Waals surface area contributed by atoms with E-state index in [0.717, 1.165) is 19.4 Å². The molecule has 0 aliphatic heterocycles. The molecule has 0 atom stereocenters. The first kappa shape index (κ1) is 13.0. The third-order valence-electron chi connectivity index (χ3n) is 1.55. The van der Waals surface area contributed by atoms with Gasteiger partial charge in [0.2, 0.25) is 0 Å². The van der Waals surface area contributed by atoms with Gasteiger partial charge >= 0.3 is 6.18 Å². The molecule has 0 rings (SSSR count). The minimum absolute atomic E-state index is 0.157. The van der Waals surface area contributed by atoms with E-state index in [1.54, 1.807) is 0 Å². The van der Waals surface area contributed by atoms with E-state index in [0.29, 0.717) is 12.4 Å². The summed E-state index contributed by atoms with van der Waals surface area (Å²) in [6.45, 7) is 1.19. The van der Waals surface area contributed by atoms with Crippen LogP contribution in [0.3, 0.4) is 0 Å². The minimum Gasteiger partial charge on any atom is -0.317 e. The van der Waals surface area contributed by atoms with Crippen molar-refractivity contribution in [2.45, 2.75) is 31.9 Å². The van der Waals surface area contributed by atoms with Crippen LogP contribution in [0.4, 0.5) is 13.2 Å². The third kappa shape index (κ3) is 12.0. The monoisotopic (exact) mass is 217 g/mol. The van der Waals surface area contributed by atoms with Gasteiger partial charge in [-0.15, -0.1) is 11.6 Å². The average Bonchev–Trinajstić information content (AvgIpc) is 2.01. The highest BCUT2D eigenvalue weighted by Crippen LogP contribution is 2.20. The van der Waals surface area contributed by atoms with Crippen LogP contribution in [0.15, 0.2) is 0 Å². The minimum atomic E-state index is -4.02. The van der Waals surface area contributed by atoms with Gasteiger partial charge < -0.3 is 5.32 Å². The highest BCUT2D eigenvalue weighted by molar-refractivity contribution is 6.17. The Bertz CT molecular complexity index is 116. The number of halogens is 4. The number of alkyl halides is 4. The molecule has 5 heteroatoms. The van der Waals surface area contributed by atoms with E-state index in [4.69, 9.17) is 11.6 Å². The first-order chi connectivity index (χ1) is 6.06. The lowest BCUT2D eigenvalue weighted by Gasteiger charge is -2.06. The van der Waals surface area contributed by atoms with E-state index < -0.39 is 12.6 Å². The van der Waals surface area contributed by atoms with Gasteiger partial charge in [-0.05, 0) is 32.4 Å². The number of nitrogens with one attached hydrogen (secondary N) is 1. The van der Waals surface area contributed by atoms with Crippen molar-refractivity contribution in [3.63, 3.8) is 0 Å². The van der Waals surface area contributed by atoms with Crippen LogP contribution < -0.4 is 5.32 Å². The van der Waals surface area contributed by atoms with E-state index in [9.17, 15) is 13.2 Å². The standard InChI is InChI=1S/C8H15ClF3N/c9-5-1-2-6-13-7-3-4-8(10,11)12/h13H,1-7H2. The molecule has 0 bridgehead atoms. The van der Waals surface area contributed by atoms with Crippen molar-refractivity contribution in [3.8, 4) is 0 Å². The van der Waals surface area contributed by atoms with Crippen molar-refractivity contribution in [3.05, 3.63) is 0 Å². The van der Waals surface area contributed by atoms with E-state index in [2.05, 4.69) is 5.32 Å². The third-order valence-corrected chi connectivity index (χ3v) is 1.82. The zero-order valence-electron chi connectivity index (χ0n) is 7.46.